The van der Waals surface area contributed by atoms with E-state index in [1.807, 2.05) is 11.0 Å². The number of hydrogen-bond acceptors (Lipinski definition) is 6. The maximum atomic E-state index is 13.1. The van der Waals surface area contributed by atoms with Gasteiger partial charge in [-0.05, 0) is 86.3 Å². The average molecular weight is 549 g/mol. The lowest BCUT2D eigenvalue weighted by Gasteiger charge is -2.35. The summed E-state index contributed by atoms with van der Waals surface area (Å²) in [6.45, 7) is 3.11. The Balaban J connectivity index is 1.40. The molecule has 3 N–H and O–H groups in total. The topological polar surface area (TPSA) is 97.1 Å². The Morgan fingerprint density at radius 1 is 0.975 bits per heavy atom. The summed E-state index contributed by atoms with van der Waals surface area (Å²) in [5, 5.41) is 3.21. The molecule has 2 aromatic carbocycles. The summed E-state index contributed by atoms with van der Waals surface area (Å²) in [4.78, 5) is 30.1. The number of ether oxygens (including phenoxy) is 2. The SMILES string of the molecule is COC(=O)N(Cc1cccc(-c2ccc(N3CCCCCC3)c(NC(=O)C3CCCO3)c2)c1)C1CCC(N)CC1. The van der Waals surface area contributed by atoms with E-state index in [2.05, 4.69) is 46.6 Å². The molecule has 216 valence electrons. The van der Waals surface area contributed by atoms with E-state index in [-0.39, 0.29) is 30.2 Å². The summed E-state index contributed by atoms with van der Waals surface area (Å²) in [7, 11) is 1.44. The molecular weight excluding hydrogens is 504 g/mol. The van der Waals surface area contributed by atoms with Crippen molar-refractivity contribution in [3.63, 3.8) is 0 Å². The first-order chi connectivity index (χ1) is 19.5. The van der Waals surface area contributed by atoms with Crippen LogP contribution >= 0.6 is 0 Å². The average Bonchev–Trinajstić information content (AvgIpc) is 3.40. The Bertz CT molecular complexity index is 1150. The van der Waals surface area contributed by atoms with Gasteiger partial charge in [0, 0.05) is 38.3 Å². The van der Waals surface area contributed by atoms with Gasteiger partial charge in [-0.25, -0.2) is 4.79 Å². The quantitative estimate of drug-likeness (QED) is 0.461. The van der Waals surface area contributed by atoms with E-state index in [1.165, 1.54) is 20.0 Å². The first-order valence-corrected chi connectivity index (χ1v) is 15.0. The number of nitrogens with one attached hydrogen (secondary N) is 1. The number of benzene rings is 2. The number of amides is 2. The third-order valence-corrected chi connectivity index (χ3v) is 8.63. The maximum Gasteiger partial charge on any atom is 0.410 e. The van der Waals surface area contributed by atoms with E-state index in [0.29, 0.717) is 13.2 Å². The Morgan fingerprint density at radius 3 is 2.42 bits per heavy atom. The molecule has 1 aliphatic carbocycles. The number of carbonyl (C=O) groups excluding carboxylic acids is 2. The fourth-order valence-corrected chi connectivity index (χ4v) is 6.32. The van der Waals surface area contributed by atoms with Crippen LogP contribution < -0.4 is 16.0 Å². The standard InChI is InChI=1S/C32H44N4O4/c1-39-32(38)36(27-14-12-26(33)13-15-27)22-23-8-6-9-24(20-23)25-11-16-29(35-17-4-2-3-5-18-35)28(21-25)34-31(37)30-10-7-19-40-30/h6,8-9,11,16,20-21,26-27,30H,2-5,7,10,12-15,17-19,22,33H2,1H3,(H,34,37). The lowest BCUT2D eigenvalue weighted by molar-refractivity contribution is -0.124. The number of nitrogens with two attached hydrogens (primary N) is 1. The van der Waals surface area contributed by atoms with Crippen molar-refractivity contribution in [3.05, 3.63) is 48.0 Å². The normalized spacial score (nSPS) is 23.4. The van der Waals surface area contributed by atoms with Gasteiger partial charge in [0.15, 0.2) is 0 Å². The zero-order chi connectivity index (χ0) is 27.9. The molecule has 3 fully saturated rings. The maximum absolute atomic E-state index is 13.1. The van der Waals surface area contributed by atoms with E-state index in [0.717, 1.165) is 92.5 Å². The predicted molar refractivity (Wildman–Crippen MR) is 158 cm³/mol. The molecule has 2 heterocycles. The summed E-state index contributed by atoms with van der Waals surface area (Å²) in [5.41, 5.74) is 11.1. The van der Waals surface area contributed by atoms with Crippen molar-refractivity contribution in [1.29, 1.82) is 0 Å². The fourth-order valence-electron chi connectivity index (χ4n) is 6.32. The number of rotatable bonds is 7. The Kier molecular flexibility index (Phi) is 9.60. The molecule has 0 spiro atoms. The van der Waals surface area contributed by atoms with Gasteiger partial charge in [-0.2, -0.15) is 0 Å². The van der Waals surface area contributed by atoms with E-state index in [1.54, 1.807) is 0 Å². The van der Waals surface area contributed by atoms with Gasteiger partial charge in [-0.15, -0.1) is 0 Å². The second-order valence-corrected chi connectivity index (χ2v) is 11.5. The Labute approximate surface area is 238 Å². The zero-order valence-corrected chi connectivity index (χ0v) is 23.8. The van der Waals surface area contributed by atoms with Gasteiger partial charge >= 0.3 is 6.09 Å². The van der Waals surface area contributed by atoms with Crippen molar-refractivity contribution in [2.45, 2.75) is 88.9 Å². The molecule has 8 heteroatoms. The van der Waals surface area contributed by atoms with Gasteiger partial charge in [0.2, 0.25) is 0 Å². The minimum Gasteiger partial charge on any atom is -0.453 e. The summed E-state index contributed by atoms with van der Waals surface area (Å²) in [6, 6.07) is 15.0. The van der Waals surface area contributed by atoms with E-state index in [4.69, 9.17) is 15.2 Å². The van der Waals surface area contributed by atoms with Crippen LogP contribution in [0.3, 0.4) is 0 Å². The van der Waals surface area contributed by atoms with Gasteiger partial charge in [0.05, 0.1) is 18.5 Å². The largest absolute Gasteiger partial charge is 0.453 e. The fraction of sp³-hybridized carbons (Fsp3) is 0.562. The van der Waals surface area contributed by atoms with Crippen molar-refractivity contribution >= 4 is 23.4 Å². The zero-order valence-electron chi connectivity index (χ0n) is 23.8. The summed E-state index contributed by atoms with van der Waals surface area (Å²) < 4.78 is 10.8. The van der Waals surface area contributed by atoms with Gasteiger partial charge in [-0.1, -0.05) is 37.1 Å². The van der Waals surface area contributed by atoms with E-state index >= 15 is 0 Å². The van der Waals surface area contributed by atoms with Crippen LogP contribution in [0.15, 0.2) is 42.5 Å². The molecule has 2 aliphatic heterocycles. The van der Waals surface area contributed by atoms with Crippen LogP contribution in [0, 0.1) is 0 Å². The molecule has 0 aromatic heterocycles. The lowest BCUT2D eigenvalue weighted by Crippen LogP contribution is -2.43. The van der Waals surface area contributed by atoms with E-state index < -0.39 is 0 Å². The number of hydrogen-bond donors (Lipinski definition) is 2. The van der Waals surface area contributed by atoms with Crippen molar-refractivity contribution in [1.82, 2.24) is 4.90 Å². The molecule has 1 unspecified atom stereocenters. The number of anilines is 2. The van der Waals surface area contributed by atoms with Crippen LogP contribution in [0.4, 0.5) is 16.2 Å². The van der Waals surface area contributed by atoms with Crippen molar-refractivity contribution < 1.29 is 19.1 Å². The summed E-state index contributed by atoms with van der Waals surface area (Å²) >= 11 is 0. The second kappa shape index (κ2) is 13.5. The molecule has 0 bridgehead atoms. The molecule has 5 rings (SSSR count). The predicted octanol–water partition coefficient (Wildman–Crippen LogP) is 5.69. The highest BCUT2D eigenvalue weighted by atomic mass is 16.5. The van der Waals surface area contributed by atoms with Crippen molar-refractivity contribution in [2.24, 2.45) is 5.73 Å². The first kappa shape index (κ1) is 28.4. The molecule has 0 radical (unpaired) electrons. The molecule has 40 heavy (non-hydrogen) atoms. The van der Waals surface area contributed by atoms with Gasteiger partial charge in [0.1, 0.15) is 6.10 Å². The van der Waals surface area contributed by atoms with Crippen LogP contribution in [-0.4, -0.2) is 61.9 Å². The monoisotopic (exact) mass is 548 g/mol. The lowest BCUT2D eigenvalue weighted by atomic mass is 9.90. The number of nitrogens with zero attached hydrogens (tertiary/aromatic N) is 2. The number of carbonyl (C=O) groups is 2. The van der Waals surface area contributed by atoms with Crippen molar-refractivity contribution in [3.8, 4) is 11.1 Å². The van der Waals surface area contributed by atoms with Crippen LogP contribution in [0.5, 0.6) is 0 Å². The Hall–Kier alpha value is -3.10. The molecule has 3 aliphatic rings. The van der Waals surface area contributed by atoms with Crippen LogP contribution in [-0.2, 0) is 20.8 Å². The second-order valence-electron chi connectivity index (χ2n) is 11.5. The molecule has 1 atom stereocenters. The van der Waals surface area contributed by atoms with Gasteiger partial charge in [-0.3, -0.25) is 4.79 Å². The van der Waals surface area contributed by atoms with Crippen LogP contribution in [0.2, 0.25) is 0 Å². The molecule has 2 amide bonds. The molecule has 2 aromatic rings. The highest BCUT2D eigenvalue weighted by Crippen LogP contribution is 2.34. The van der Waals surface area contributed by atoms with Gasteiger partial charge in [0.25, 0.3) is 5.91 Å². The van der Waals surface area contributed by atoms with Crippen LogP contribution in [0.25, 0.3) is 11.1 Å². The molecule has 8 nitrogen and oxygen atoms in total. The molecule has 1 saturated carbocycles. The van der Waals surface area contributed by atoms with Crippen LogP contribution in [0.1, 0.15) is 69.8 Å². The smallest absolute Gasteiger partial charge is 0.410 e. The Morgan fingerprint density at radius 2 is 1.73 bits per heavy atom. The van der Waals surface area contributed by atoms with E-state index in [9.17, 15) is 9.59 Å². The summed E-state index contributed by atoms with van der Waals surface area (Å²) in [5.74, 6) is -0.0691. The van der Waals surface area contributed by atoms with Gasteiger partial charge < -0.3 is 30.3 Å². The minimum atomic E-state index is -0.386. The molecule has 2 saturated heterocycles. The molecular formula is C32H44N4O4. The highest BCUT2D eigenvalue weighted by Gasteiger charge is 2.29. The minimum absolute atomic E-state index is 0.0691. The number of methoxy groups -OCH3 is 1. The third kappa shape index (κ3) is 6.96. The highest BCUT2D eigenvalue weighted by molar-refractivity contribution is 5.98. The summed E-state index contributed by atoms with van der Waals surface area (Å²) in [6.07, 6.45) is 9.42. The third-order valence-electron chi connectivity index (χ3n) is 8.63. The van der Waals surface area contributed by atoms with Crippen molar-refractivity contribution in [2.75, 3.05) is 37.0 Å². The first-order valence-electron chi connectivity index (χ1n) is 15.0.